The van der Waals surface area contributed by atoms with Crippen molar-refractivity contribution in [2.75, 3.05) is 0 Å². The Labute approximate surface area is 308 Å². The summed E-state index contributed by atoms with van der Waals surface area (Å²) in [5.74, 6) is 1.07. The second-order valence-electron chi connectivity index (χ2n) is 14.1. The number of para-hydroxylation sites is 3. The number of hydrogen-bond donors (Lipinski definition) is 0. The van der Waals surface area contributed by atoms with Crippen molar-refractivity contribution in [3.05, 3.63) is 182 Å². The van der Waals surface area contributed by atoms with E-state index in [1.165, 1.54) is 88.0 Å². The molecule has 0 atom stereocenters. The first kappa shape index (κ1) is 29.9. The first-order chi connectivity index (χ1) is 26.3. The number of hydrogen-bond acceptors (Lipinski definition) is 1. The zero-order chi connectivity index (χ0) is 35.0. The highest BCUT2D eigenvalue weighted by atomic mass is 15.1. The molecule has 10 aromatic rings. The van der Waals surface area contributed by atoms with E-state index in [1.54, 1.807) is 0 Å². The van der Waals surface area contributed by atoms with Gasteiger partial charge >= 0.3 is 0 Å². The van der Waals surface area contributed by atoms with Gasteiger partial charge in [-0.05, 0) is 101 Å². The molecule has 0 spiro atoms. The van der Waals surface area contributed by atoms with E-state index in [4.69, 9.17) is 4.98 Å². The molecule has 2 heteroatoms. The van der Waals surface area contributed by atoms with Gasteiger partial charge in [-0.2, -0.15) is 0 Å². The zero-order valence-electron chi connectivity index (χ0n) is 29.3. The number of aromatic nitrogens is 2. The minimum atomic E-state index is 0.854. The van der Waals surface area contributed by atoms with E-state index in [0.717, 1.165) is 29.0 Å². The fourth-order valence-corrected chi connectivity index (χ4v) is 9.07. The lowest BCUT2D eigenvalue weighted by atomic mass is 9.84. The molecule has 0 saturated carbocycles. The smallest absolute Gasteiger partial charge is 0.114 e. The molecule has 11 rings (SSSR count). The lowest BCUT2D eigenvalue weighted by Crippen LogP contribution is -2.02. The molecule has 0 radical (unpaired) electrons. The number of aryl methyl sites for hydroxylation is 1. The zero-order valence-corrected chi connectivity index (χ0v) is 29.3. The summed E-state index contributed by atoms with van der Waals surface area (Å²) in [6.45, 7) is 2.18. The van der Waals surface area contributed by atoms with E-state index in [2.05, 4.69) is 187 Å². The van der Waals surface area contributed by atoms with E-state index in [-0.39, 0.29) is 0 Å². The lowest BCUT2D eigenvalue weighted by Gasteiger charge is -2.19. The van der Waals surface area contributed by atoms with Gasteiger partial charge in [-0.25, -0.2) is 4.98 Å². The summed E-state index contributed by atoms with van der Waals surface area (Å²) in [4.78, 5) is 4.98. The van der Waals surface area contributed by atoms with Gasteiger partial charge in [0.15, 0.2) is 0 Å². The van der Waals surface area contributed by atoms with Crippen LogP contribution in [-0.4, -0.2) is 9.55 Å². The van der Waals surface area contributed by atoms with Gasteiger partial charge in [-0.15, -0.1) is 0 Å². The molecule has 0 N–H and O–H groups in total. The van der Waals surface area contributed by atoms with Gasteiger partial charge in [0.05, 0.1) is 16.7 Å². The molecule has 9 aromatic carbocycles. The highest BCUT2D eigenvalue weighted by molar-refractivity contribution is 6.26. The molecule has 1 aliphatic rings. The van der Waals surface area contributed by atoms with Crippen LogP contribution in [0.5, 0.6) is 0 Å². The van der Waals surface area contributed by atoms with E-state index in [9.17, 15) is 0 Å². The number of imidazole rings is 1. The number of rotatable bonds is 5. The molecule has 0 saturated heterocycles. The summed E-state index contributed by atoms with van der Waals surface area (Å²) in [7, 11) is 0. The molecule has 0 fully saturated rings. The van der Waals surface area contributed by atoms with Crippen LogP contribution in [-0.2, 0) is 6.42 Å². The highest BCUT2D eigenvalue weighted by Crippen LogP contribution is 2.51. The average molecular weight is 675 g/mol. The minimum absolute atomic E-state index is 0.854. The summed E-state index contributed by atoms with van der Waals surface area (Å²) in [6, 6.07) is 64.6. The average Bonchev–Trinajstić information content (AvgIpc) is 3.77. The molecular formula is C51H34N2. The van der Waals surface area contributed by atoms with Crippen molar-refractivity contribution in [1.82, 2.24) is 9.55 Å². The summed E-state index contributed by atoms with van der Waals surface area (Å²) >= 11 is 0. The van der Waals surface area contributed by atoms with Crippen molar-refractivity contribution in [3.63, 3.8) is 0 Å². The maximum absolute atomic E-state index is 4.98. The Balaban J connectivity index is 1.10. The Kier molecular flexibility index (Phi) is 6.56. The van der Waals surface area contributed by atoms with E-state index >= 15 is 0 Å². The third-order valence-corrected chi connectivity index (χ3v) is 11.3. The molecule has 0 aliphatic heterocycles. The molecule has 1 aromatic heterocycles. The quantitative estimate of drug-likeness (QED) is 0.166. The predicted octanol–water partition coefficient (Wildman–Crippen LogP) is 13.7. The topological polar surface area (TPSA) is 17.8 Å². The van der Waals surface area contributed by atoms with Crippen LogP contribution in [0.3, 0.4) is 0 Å². The lowest BCUT2D eigenvalue weighted by molar-refractivity contribution is 0.909. The van der Waals surface area contributed by atoms with Crippen LogP contribution < -0.4 is 0 Å². The summed E-state index contributed by atoms with van der Waals surface area (Å²) in [5.41, 5.74) is 16.1. The summed E-state index contributed by atoms with van der Waals surface area (Å²) in [6.07, 6.45) is 0.854. The van der Waals surface area contributed by atoms with Crippen LogP contribution in [0.15, 0.2) is 176 Å². The number of fused-ring (bicyclic) bond motifs is 6. The van der Waals surface area contributed by atoms with E-state index < -0.39 is 0 Å². The van der Waals surface area contributed by atoms with Gasteiger partial charge in [0.25, 0.3) is 0 Å². The van der Waals surface area contributed by atoms with Gasteiger partial charge in [-0.3, -0.25) is 4.57 Å². The van der Waals surface area contributed by atoms with Gasteiger partial charge in [0.2, 0.25) is 0 Å². The van der Waals surface area contributed by atoms with Gasteiger partial charge in [-0.1, -0.05) is 165 Å². The van der Waals surface area contributed by atoms with Crippen LogP contribution in [0.25, 0.3) is 105 Å². The molecule has 1 aliphatic carbocycles. The van der Waals surface area contributed by atoms with Crippen molar-refractivity contribution < 1.29 is 0 Å². The van der Waals surface area contributed by atoms with Crippen molar-refractivity contribution in [1.29, 1.82) is 0 Å². The first-order valence-corrected chi connectivity index (χ1v) is 18.5. The van der Waals surface area contributed by atoms with Gasteiger partial charge in [0.1, 0.15) is 5.82 Å². The second kappa shape index (κ2) is 11.6. The number of nitrogens with zero attached hydrogens (tertiary/aromatic N) is 2. The van der Waals surface area contributed by atoms with Gasteiger partial charge in [0, 0.05) is 12.0 Å². The van der Waals surface area contributed by atoms with Crippen molar-refractivity contribution in [2.45, 2.75) is 13.3 Å². The third-order valence-electron chi connectivity index (χ3n) is 11.3. The van der Waals surface area contributed by atoms with Crippen molar-refractivity contribution in [2.24, 2.45) is 0 Å². The Morgan fingerprint density at radius 3 is 1.60 bits per heavy atom. The summed E-state index contributed by atoms with van der Waals surface area (Å²) < 4.78 is 2.33. The van der Waals surface area contributed by atoms with Crippen LogP contribution in [0.2, 0.25) is 0 Å². The standard InChI is InChI=1S/C51H34N2/c1-2-48-52-45-23-10-12-25-47(45)53(48)46-24-11-9-14-34(46)32-26-28-33(29-27-32)49-38-17-5-7-19-40(38)51(41-20-8-6-18-39(41)49)44-31-30-43-36-16-4-3-15-35(36)37-21-13-22-42(44)50(37)43/h3-31H,2H2,1H3. The molecule has 2 nitrogen and oxygen atoms in total. The molecule has 0 unspecified atom stereocenters. The third kappa shape index (κ3) is 4.36. The Morgan fingerprint density at radius 1 is 0.396 bits per heavy atom. The van der Waals surface area contributed by atoms with Crippen molar-refractivity contribution >= 4 is 43.4 Å². The maximum Gasteiger partial charge on any atom is 0.114 e. The van der Waals surface area contributed by atoms with Crippen LogP contribution in [0.4, 0.5) is 0 Å². The Morgan fingerprint density at radius 2 is 0.906 bits per heavy atom. The Bertz CT molecular complexity index is 3000. The second-order valence-corrected chi connectivity index (χ2v) is 14.1. The fraction of sp³-hybridized carbons (Fsp3) is 0.0392. The van der Waals surface area contributed by atoms with Crippen LogP contribution in [0.1, 0.15) is 12.7 Å². The molecule has 0 amide bonds. The fourth-order valence-electron chi connectivity index (χ4n) is 9.07. The maximum atomic E-state index is 4.98. The van der Waals surface area contributed by atoms with E-state index in [1.807, 2.05) is 0 Å². The summed E-state index contributed by atoms with van der Waals surface area (Å²) in [5, 5.41) is 7.72. The SMILES string of the molecule is CCc1nc2ccccc2n1-c1ccccc1-c1ccc(-c2c3ccccc3c(-c3ccc4c5c(cccc35)-c3ccccc3-4)c3ccccc23)cc1. The monoisotopic (exact) mass is 674 g/mol. The molecule has 53 heavy (non-hydrogen) atoms. The first-order valence-electron chi connectivity index (χ1n) is 18.5. The molecular weight excluding hydrogens is 641 g/mol. The Hall–Kier alpha value is -6.77. The van der Waals surface area contributed by atoms with E-state index in [0.29, 0.717) is 0 Å². The minimum Gasteiger partial charge on any atom is -0.296 e. The molecule has 1 heterocycles. The predicted molar refractivity (Wildman–Crippen MR) is 224 cm³/mol. The molecule has 248 valence electrons. The molecule has 0 bridgehead atoms. The van der Waals surface area contributed by atoms with Gasteiger partial charge < -0.3 is 0 Å². The van der Waals surface area contributed by atoms with Crippen LogP contribution >= 0.6 is 0 Å². The largest absolute Gasteiger partial charge is 0.296 e. The normalized spacial score (nSPS) is 11.9. The van der Waals surface area contributed by atoms with Crippen LogP contribution in [0, 0.1) is 0 Å². The highest BCUT2D eigenvalue weighted by Gasteiger charge is 2.24. The number of benzene rings is 9. The van der Waals surface area contributed by atoms with Crippen molar-refractivity contribution in [3.8, 4) is 61.3 Å².